The first-order chi connectivity index (χ1) is 21.5. The Kier molecular flexibility index (Phi) is 10.2. The van der Waals surface area contributed by atoms with Gasteiger partial charge in [-0.3, -0.25) is 9.80 Å². The second-order valence-electron chi connectivity index (χ2n) is 14.3. The van der Waals surface area contributed by atoms with Gasteiger partial charge in [-0.1, -0.05) is 19.1 Å². The highest BCUT2D eigenvalue weighted by atomic mass is 19.1. The number of hydrogen-bond acceptors (Lipinski definition) is 6. The van der Waals surface area contributed by atoms with Crippen LogP contribution in [-0.4, -0.2) is 65.9 Å². The van der Waals surface area contributed by atoms with Gasteiger partial charge in [0.05, 0.1) is 14.2 Å². The lowest BCUT2D eigenvalue weighted by molar-refractivity contribution is -0.0342. The molecule has 0 spiro atoms. The Hall–Kier alpha value is -3.03. The number of nitrogens with zero attached hydrogens (tertiary/aromatic N) is 2. The van der Waals surface area contributed by atoms with Gasteiger partial charge in [-0.05, 0) is 132 Å². The molecule has 1 N–H and O–H groups in total. The van der Waals surface area contributed by atoms with Crippen molar-refractivity contribution in [1.82, 2.24) is 9.80 Å². The largest absolute Gasteiger partial charge is 0.508 e. The lowest BCUT2D eigenvalue weighted by Crippen LogP contribution is -2.59. The van der Waals surface area contributed by atoms with Crippen molar-refractivity contribution in [2.24, 2.45) is 11.8 Å². The zero-order valence-electron chi connectivity index (χ0n) is 28.4. The van der Waals surface area contributed by atoms with Gasteiger partial charge in [0.15, 0.2) is 23.1 Å². The minimum atomic E-state index is -0.317. The number of ether oxygens (including phenoxy) is 3. The zero-order valence-corrected chi connectivity index (χ0v) is 28.4. The van der Waals surface area contributed by atoms with E-state index in [1.807, 2.05) is 12.1 Å². The number of benzene rings is 2. The third-order valence-electron chi connectivity index (χ3n) is 10.6. The Bertz CT molecular complexity index is 1380. The van der Waals surface area contributed by atoms with Crippen molar-refractivity contribution in [2.45, 2.75) is 96.8 Å². The van der Waals surface area contributed by atoms with Crippen LogP contribution >= 0.6 is 0 Å². The second-order valence-corrected chi connectivity index (χ2v) is 14.3. The van der Waals surface area contributed by atoms with Gasteiger partial charge in [0.25, 0.3) is 0 Å². The summed E-state index contributed by atoms with van der Waals surface area (Å²) in [5.41, 5.74) is 3.65. The van der Waals surface area contributed by atoms with E-state index in [1.54, 1.807) is 32.4 Å². The van der Waals surface area contributed by atoms with Gasteiger partial charge < -0.3 is 19.3 Å². The molecular weight excluding hydrogens is 567 g/mol. The molecule has 1 heterocycles. The molecule has 2 unspecified atom stereocenters. The van der Waals surface area contributed by atoms with Crippen LogP contribution in [0.1, 0.15) is 77.0 Å². The van der Waals surface area contributed by atoms with Crippen molar-refractivity contribution in [2.75, 3.05) is 33.9 Å². The molecule has 0 amide bonds. The summed E-state index contributed by atoms with van der Waals surface area (Å²) in [6, 6.07) is 11.2. The van der Waals surface area contributed by atoms with Crippen LogP contribution in [0.5, 0.6) is 11.5 Å². The topological polar surface area (TPSA) is 54.4 Å². The fraction of sp³-hybridized carbons (Fsp3) is 0.579. The van der Waals surface area contributed by atoms with Crippen LogP contribution in [0.15, 0.2) is 60.1 Å². The lowest BCUT2D eigenvalue weighted by Gasteiger charge is -2.53. The molecule has 5 rings (SSSR count). The summed E-state index contributed by atoms with van der Waals surface area (Å²) in [6.07, 6.45) is 10.8. The fourth-order valence-corrected chi connectivity index (χ4v) is 8.22. The minimum absolute atomic E-state index is 0.0581. The summed E-state index contributed by atoms with van der Waals surface area (Å²) in [6.45, 7) is 14.0. The third-order valence-corrected chi connectivity index (χ3v) is 10.6. The molecule has 3 atom stereocenters. The average molecular weight is 621 g/mol. The summed E-state index contributed by atoms with van der Waals surface area (Å²) in [4.78, 5) is 4.92. The van der Waals surface area contributed by atoms with Crippen LogP contribution in [0.4, 0.5) is 4.39 Å². The number of likely N-dealkylation sites (tertiary alicyclic amines) is 1. The number of halogens is 1. The number of aryl methyl sites for hydroxylation is 1. The maximum atomic E-state index is 15.4. The van der Waals surface area contributed by atoms with E-state index in [0.29, 0.717) is 30.6 Å². The number of rotatable bonds is 11. The first-order valence-corrected chi connectivity index (χ1v) is 16.7. The molecule has 2 aliphatic carbocycles. The summed E-state index contributed by atoms with van der Waals surface area (Å²) in [5, 5.41) is 9.99. The van der Waals surface area contributed by atoms with E-state index in [9.17, 15) is 5.11 Å². The van der Waals surface area contributed by atoms with E-state index < -0.39 is 0 Å². The van der Waals surface area contributed by atoms with Crippen molar-refractivity contribution in [3.05, 3.63) is 82.6 Å². The van der Waals surface area contributed by atoms with Crippen LogP contribution in [0.3, 0.4) is 0 Å². The highest BCUT2D eigenvalue weighted by Crippen LogP contribution is 2.40. The predicted molar refractivity (Wildman–Crippen MR) is 178 cm³/mol. The highest BCUT2D eigenvalue weighted by Gasteiger charge is 2.41. The van der Waals surface area contributed by atoms with E-state index in [0.717, 1.165) is 62.3 Å². The Morgan fingerprint density at radius 2 is 1.67 bits per heavy atom. The number of piperidine rings is 1. The van der Waals surface area contributed by atoms with E-state index in [-0.39, 0.29) is 28.9 Å². The van der Waals surface area contributed by atoms with Gasteiger partial charge in [0.2, 0.25) is 0 Å². The second kappa shape index (κ2) is 13.8. The minimum Gasteiger partial charge on any atom is -0.508 e. The molecule has 3 aliphatic rings. The number of hydrogen-bond donors (Lipinski definition) is 1. The Balaban J connectivity index is 1.30. The normalized spacial score (nSPS) is 24.4. The molecule has 45 heavy (non-hydrogen) atoms. The van der Waals surface area contributed by atoms with Crippen molar-refractivity contribution < 1.29 is 23.7 Å². The number of methoxy groups -OCH3 is 2. The zero-order chi connectivity index (χ0) is 32.4. The first-order valence-electron chi connectivity index (χ1n) is 16.7. The van der Waals surface area contributed by atoms with Gasteiger partial charge in [0.1, 0.15) is 12.4 Å². The molecule has 1 fully saturated rings. The van der Waals surface area contributed by atoms with Gasteiger partial charge >= 0.3 is 0 Å². The molecular formula is C38H53FN2O4. The van der Waals surface area contributed by atoms with Crippen LogP contribution in [0, 0.1) is 17.7 Å². The van der Waals surface area contributed by atoms with Gasteiger partial charge in [-0.25, -0.2) is 4.39 Å². The van der Waals surface area contributed by atoms with Crippen molar-refractivity contribution in [3.63, 3.8) is 0 Å². The van der Waals surface area contributed by atoms with Crippen LogP contribution in [0.2, 0.25) is 0 Å². The van der Waals surface area contributed by atoms with E-state index in [1.165, 1.54) is 17.5 Å². The van der Waals surface area contributed by atoms with Crippen LogP contribution in [0.25, 0.3) is 0 Å². The number of aromatic hydroxyl groups is 1. The van der Waals surface area contributed by atoms with Crippen molar-refractivity contribution in [1.29, 1.82) is 0 Å². The molecule has 6 nitrogen and oxygen atoms in total. The van der Waals surface area contributed by atoms with E-state index in [4.69, 9.17) is 14.2 Å². The number of phenolic OH excluding ortho intramolecular Hbond substituents is 1. The summed E-state index contributed by atoms with van der Waals surface area (Å²) in [5.74, 6) is 2.39. The first kappa shape index (κ1) is 33.3. The standard InChI is InChI=1S/C38H53FN2O4/c1-8-40(25-26-10-15-34(32(39)20-26)45-19-18-41-37(2,3)16-9-17-38(41,4)5)33-24-36(44-7)35(43-6)23-31(33)29-12-11-28-22-30(42)14-13-27(28)21-29/h10,13-15,20,22-24,29,31,33,42H,8-9,11-12,16-19,21,25H2,1-7H3/t29-,31?,33?/m1/s1. The Morgan fingerprint density at radius 1 is 0.956 bits per heavy atom. The lowest BCUT2D eigenvalue weighted by atomic mass is 9.72. The van der Waals surface area contributed by atoms with Crippen molar-refractivity contribution >= 4 is 0 Å². The van der Waals surface area contributed by atoms with Crippen molar-refractivity contribution in [3.8, 4) is 11.5 Å². The monoisotopic (exact) mass is 620 g/mol. The molecule has 0 radical (unpaired) electrons. The Morgan fingerprint density at radius 3 is 2.33 bits per heavy atom. The molecule has 1 saturated heterocycles. The third kappa shape index (κ3) is 7.36. The average Bonchev–Trinajstić information content (AvgIpc) is 3.00. The van der Waals surface area contributed by atoms with E-state index in [2.05, 4.69) is 62.6 Å². The summed E-state index contributed by atoms with van der Waals surface area (Å²) in [7, 11) is 3.37. The van der Waals surface area contributed by atoms with Crippen LogP contribution < -0.4 is 4.74 Å². The number of phenols is 1. The maximum Gasteiger partial charge on any atom is 0.165 e. The van der Waals surface area contributed by atoms with E-state index >= 15 is 4.39 Å². The summed E-state index contributed by atoms with van der Waals surface area (Å²) < 4.78 is 33.0. The van der Waals surface area contributed by atoms with Gasteiger partial charge in [0, 0.05) is 36.1 Å². The molecule has 1 aliphatic heterocycles. The molecule has 2 aromatic carbocycles. The molecule has 0 saturated carbocycles. The maximum absolute atomic E-state index is 15.4. The number of fused-ring (bicyclic) bond motifs is 1. The van der Waals surface area contributed by atoms with Gasteiger partial charge in [-0.2, -0.15) is 0 Å². The van der Waals surface area contributed by atoms with Crippen LogP contribution in [-0.2, 0) is 28.9 Å². The fourth-order valence-electron chi connectivity index (χ4n) is 8.22. The number of likely N-dealkylation sites (N-methyl/N-ethyl adjacent to an activating group) is 1. The molecule has 2 aromatic rings. The SMILES string of the molecule is CCN(Cc1ccc(OCCN2C(C)(C)CCCC2(C)C)c(F)c1)C1C=C(OC)C(OC)=CC1[C@@H]1CCc2cc(O)ccc2C1. The Labute approximate surface area is 269 Å². The smallest absolute Gasteiger partial charge is 0.165 e. The molecule has 0 aromatic heterocycles. The molecule has 246 valence electrons. The predicted octanol–water partition coefficient (Wildman–Crippen LogP) is 7.64. The molecule has 0 bridgehead atoms. The quantitative estimate of drug-likeness (QED) is 0.279. The molecule has 7 heteroatoms. The van der Waals surface area contributed by atoms with Gasteiger partial charge in [-0.15, -0.1) is 0 Å². The highest BCUT2D eigenvalue weighted by molar-refractivity contribution is 5.38. The summed E-state index contributed by atoms with van der Waals surface area (Å²) >= 11 is 0.